The SMILES string of the molecule is COC(=O)CCC1CC1c1cc(OCc2ccccc2)cc(-c2ccccc2)c1C(F)(F)F. The number of hydrogen-bond donors (Lipinski definition) is 0. The molecule has 172 valence electrons. The highest BCUT2D eigenvalue weighted by Crippen LogP contribution is 2.55. The molecule has 2 unspecified atom stereocenters. The van der Waals surface area contributed by atoms with E-state index in [-0.39, 0.29) is 42.0 Å². The van der Waals surface area contributed by atoms with Crippen LogP contribution in [0.25, 0.3) is 11.1 Å². The van der Waals surface area contributed by atoms with Gasteiger partial charge in [-0.3, -0.25) is 4.79 Å². The zero-order valence-electron chi connectivity index (χ0n) is 18.3. The van der Waals surface area contributed by atoms with E-state index in [9.17, 15) is 18.0 Å². The molecule has 0 N–H and O–H groups in total. The van der Waals surface area contributed by atoms with Gasteiger partial charge in [0.1, 0.15) is 12.4 Å². The van der Waals surface area contributed by atoms with Crippen LogP contribution in [0.4, 0.5) is 13.2 Å². The Bertz CT molecular complexity index is 1090. The molecule has 1 aliphatic rings. The van der Waals surface area contributed by atoms with Crippen LogP contribution in [0.5, 0.6) is 5.75 Å². The smallest absolute Gasteiger partial charge is 0.417 e. The average molecular weight is 454 g/mol. The van der Waals surface area contributed by atoms with Gasteiger partial charge in [0.05, 0.1) is 12.7 Å². The number of methoxy groups -OCH3 is 1. The second-order valence-corrected chi connectivity index (χ2v) is 8.29. The Morgan fingerprint density at radius 3 is 2.30 bits per heavy atom. The molecule has 33 heavy (non-hydrogen) atoms. The largest absolute Gasteiger partial charge is 0.489 e. The van der Waals surface area contributed by atoms with Crippen molar-refractivity contribution in [3.8, 4) is 16.9 Å². The molecule has 3 aromatic rings. The third-order valence-electron chi connectivity index (χ3n) is 6.03. The number of esters is 1. The van der Waals surface area contributed by atoms with Gasteiger partial charge in [0.25, 0.3) is 0 Å². The summed E-state index contributed by atoms with van der Waals surface area (Å²) in [4.78, 5) is 11.5. The van der Waals surface area contributed by atoms with Crippen molar-refractivity contribution in [2.45, 2.75) is 38.0 Å². The van der Waals surface area contributed by atoms with Crippen LogP contribution in [-0.4, -0.2) is 13.1 Å². The predicted octanol–water partition coefficient (Wildman–Crippen LogP) is 7.01. The lowest BCUT2D eigenvalue weighted by Gasteiger charge is -2.20. The minimum Gasteiger partial charge on any atom is -0.489 e. The minimum atomic E-state index is -4.52. The molecule has 4 rings (SSSR count). The van der Waals surface area contributed by atoms with Gasteiger partial charge in [0, 0.05) is 6.42 Å². The van der Waals surface area contributed by atoms with Crippen molar-refractivity contribution in [3.05, 3.63) is 89.5 Å². The van der Waals surface area contributed by atoms with E-state index in [4.69, 9.17) is 4.74 Å². The van der Waals surface area contributed by atoms with E-state index < -0.39 is 11.7 Å². The Morgan fingerprint density at radius 2 is 1.67 bits per heavy atom. The van der Waals surface area contributed by atoms with E-state index >= 15 is 0 Å². The van der Waals surface area contributed by atoms with Crippen molar-refractivity contribution < 1.29 is 27.4 Å². The van der Waals surface area contributed by atoms with Crippen LogP contribution in [0.3, 0.4) is 0 Å². The normalized spacial score (nSPS) is 17.5. The lowest BCUT2D eigenvalue weighted by Crippen LogP contribution is -2.12. The van der Waals surface area contributed by atoms with Crippen molar-refractivity contribution in [1.29, 1.82) is 0 Å². The molecule has 0 spiro atoms. The van der Waals surface area contributed by atoms with E-state index in [2.05, 4.69) is 4.74 Å². The van der Waals surface area contributed by atoms with Gasteiger partial charge in [-0.05, 0) is 59.1 Å². The fourth-order valence-electron chi connectivity index (χ4n) is 4.27. The van der Waals surface area contributed by atoms with E-state index in [1.54, 1.807) is 30.3 Å². The van der Waals surface area contributed by atoms with Crippen molar-refractivity contribution in [2.75, 3.05) is 7.11 Å². The van der Waals surface area contributed by atoms with Gasteiger partial charge in [-0.1, -0.05) is 60.7 Å². The number of hydrogen-bond acceptors (Lipinski definition) is 3. The Hall–Kier alpha value is -3.28. The fraction of sp³-hybridized carbons (Fsp3) is 0.296. The summed E-state index contributed by atoms with van der Waals surface area (Å²) < 4.78 is 53.7. The zero-order valence-corrected chi connectivity index (χ0v) is 18.3. The summed E-state index contributed by atoms with van der Waals surface area (Å²) in [5, 5.41) is 0. The van der Waals surface area contributed by atoms with Crippen molar-refractivity contribution in [3.63, 3.8) is 0 Å². The Morgan fingerprint density at radius 1 is 1.00 bits per heavy atom. The van der Waals surface area contributed by atoms with Crippen LogP contribution >= 0.6 is 0 Å². The molecule has 3 aromatic carbocycles. The first-order valence-electron chi connectivity index (χ1n) is 10.9. The molecule has 0 amide bonds. The maximum Gasteiger partial charge on any atom is 0.417 e. The molecule has 0 aromatic heterocycles. The highest BCUT2D eigenvalue weighted by molar-refractivity contribution is 5.72. The van der Waals surface area contributed by atoms with E-state index in [0.717, 1.165) is 5.56 Å². The minimum absolute atomic E-state index is 0.0122. The van der Waals surface area contributed by atoms with Crippen LogP contribution in [0.2, 0.25) is 0 Å². The van der Waals surface area contributed by atoms with Gasteiger partial charge in [-0.25, -0.2) is 0 Å². The maximum absolute atomic E-state index is 14.3. The summed E-state index contributed by atoms with van der Waals surface area (Å²) in [6, 6.07) is 21.1. The number of ether oxygens (including phenoxy) is 2. The summed E-state index contributed by atoms with van der Waals surface area (Å²) in [7, 11) is 1.31. The Labute approximate surface area is 191 Å². The van der Waals surface area contributed by atoms with Crippen LogP contribution < -0.4 is 4.74 Å². The molecular formula is C27H25F3O3. The number of benzene rings is 3. The standard InChI is InChI=1S/C27H25F3O3/c1-32-25(31)13-12-20-14-22(20)24-16-21(33-17-18-8-4-2-5-9-18)15-23(26(24)27(28,29)30)19-10-6-3-7-11-19/h2-11,15-16,20,22H,12-14,17H2,1H3. The number of rotatable bonds is 8. The number of alkyl halides is 3. The van der Waals surface area contributed by atoms with E-state index in [1.807, 2.05) is 30.3 Å². The quantitative estimate of drug-likeness (QED) is 0.344. The monoisotopic (exact) mass is 454 g/mol. The topological polar surface area (TPSA) is 35.5 Å². The number of carbonyl (C=O) groups excluding carboxylic acids is 1. The summed E-state index contributed by atoms with van der Waals surface area (Å²) in [6.07, 6.45) is -3.20. The lowest BCUT2D eigenvalue weighted by molar-refractivity contribution is -0.141. The summed E-state index contributed by atoms with van der Waals surface area (Å²) in [6.45, 7) is 0.260. The molecule has 2 atom stereocenters. The number of carbonyl (C=O) groups is 1. The molecule has 0 heterocycles. The van der Waals surface area contributed by atoms with Crippen molar-refractivity contribution in [2.24, 2.45) is 5.92 Å². The fourth-order valence-corrected chi connectivity index (χ4v) is 4.27. The Balaban J connectivity index is 1.72. The van der Waals surface area contributed by atoms with Crippen LogP contribution in [0.1, 0.15) is 41.9 Å². The van der Waals surface area contributed by atoms with Gasteiger partial charge < -0.3 is 9.47 Å². The molecule has 0 aliphatic heterocycles. The second-order valence-electron chi connectivity index (χ2n) is 8.29. The molecule has 0 radical (unpaired) electrons. The molecule has 1 fully saturated rings. The summed E-state index contributed by atoms with van der Waals surface area (Å²) in [5.74, 6) is -0.201. The van der Waals surface area contributed by atoms with Crippen LogP contribution in [-0.2, 0) is 22.3 Å². The highest BCUT2D eigenvalue weighted by atomic mass is 19.4. The summed E-state index contributed by atoms with van der Waals surface area (Å²) in [5.41, 5.74) is 1.15. The molecule has 0 bridgehead atoms. The molecule has 6 heteroatoms. The molecule has 0 saturated heterocycles. The van der Waals surface area contributed by atoms with Gasteiger partial charge in [-0.15, -0.1) is 0 Å². The van der Waals surface area contributed by atoms with Gasteiger partial charge in [-0.2, -0.15) is 13.2 Å². The second kappa shape index (κ2) is 9.69. The van der Waals surface area contributed by atoms with Crippen molar-refractivity contribution in [1.82, 2.24) is 0 Å². The van der Waals surface area contributed by atoms with Gasteiger partial charge in [0.15, 0.2) is 0 Å². The first-order chi connectivity index (χ1) is 15.9. The molecule has 3 nitrogen and oxygen atoms in total. The summed E-state index contributed by atoms with van der Waals surface area (Å²) >= 11 is 0. The first-order valence-corrected chi connectivity index (χ1v) is 10.9. The average Bonchev–Trinajstić information content (AvgIpc) is 3.61. The molecular weight excluding hydrogens is 429 g/mol. The van der Waals surface area contributed by atoms with E-state index in [1.165, 1.54) is 19.2 Å². The van der Waals surface area contributed by atoms with Crippen LogP contribution in [0, 0.1) is 5.92 Å². The Kier molecular flexibility index (Phi) is 6.72. The molecule has 1 saturated carbocycles. The number of halogens is 3. The molecule has 1 aliphatic carbocycles. The van der Waals surface area contributed by atoms with Crippen molar-refractivity contribution >= 4 is 5.97 Å². The predicted molar refractivity (Wildman–Crippen MR) is 120 cm³/mol. The first kappa shape index (κ1) is 22.9. The van der Waals surface area contributed by atoms with Gasteiger partial charge >= 0.3 is 12.1 Å². The zero-order chi connectivity index (χ0) is 23.4. The third kappa shape index (κ3) is 5.56. The third-order valence-corrected chi connectivity index (χ3v) is 6.03. The highest BCUT2D eigenvalue weighted by Gasteiger charge is 2.46. The lowest BCUT2D eigenvalue weighted by atomic mass is 9.91. The van der Waals surface area contributed by atoms with E-state index in [0.29, 0.717) is 24.2 Å². The van der Waals surface area contributed by atoms with Gasteiger partial charge in [0.2, 0.25) is 0 Å². The maximum atomic E-state index is 14.3. The van der Waals surface area contributed by atoms with Crippen LogP contribution in [0.15, 0.2) is 72.8 Å².